The molecule has 0 unspecified atom stereocenters. The first-order valence-electron chi connectivity index (χ1n) is 6.08. The molecule has 1 aromatic rings. The van der Waals surface area contributed by atoms with Gasteiger partial charge >= 0.3 is 0 Å². The fourth-order valence-corrected chi connectivity index (χ4v) is 1.53. The first-order valence-corrected chi connectivity index (χ1v) is 6.08. The van der Waals surface area contributed by atoms with Crippen molar-refractivity contribution in [1.29, 1.82) is 0 Å². The Morgan fingerprint density at radius 3 is 2.59 bits per heavy atom. The van der Waals surface area contributed by atoms with Crippen LogP contribution in [0.4, 0.5) is 5.69 Å². The Hall–Kier alpha value is -1.39. The maximum Gasteiger partial charge on any atom is 0.224 e. The summed E-state index contributed by atoms with van der Waals surface area (Å²) in [5, 5.41) is 2.88. The second-order valence-electron chi connectivity index (χ2n) is 4.05. The Morgan fingerprint density at radius 1 is 1.29 bits per heavy atom. The van der Waals surface area contributed by atoms with Crippen LogP contribution in [0.2, 0.25) is 0 Å². The number of nitrogens with two attached hydrogens (primary N) is 1. The van der Waals surface area contributed by atoms with Gasteiger partial charge in [0.15, 0.2) is 0 Å². The Morgan fingerprint density at radius 2 is 2.00 bits per heavy atom. The second kappa shape index (κ2) is 7.81. The number of anilines is 1. The van der Waals surface area contributed by atoms with Crippen LogP contribution in [0.1, 0.15) is 31.7 Å². The van der Waals surface area contributed by atoms with E-state index in [0.29, 0.717) is 6.42 Å². The average molecular weight is 235 g/mol. The molecule has 4 N–H and O–H groups in total. The van der Waals surface area contributed by atoms with Crippen LogP contribution in [0.3, 0.4) is 0 Å². The molecule has 4 nitrogen and oxygen atoms in total. The molecule has 0 atom stereocenters. The maximum atomic E-state index is 11.5. The largest absolute Gasteiger partial charge is 0.326 e. The lowest BCUT2D eigenvalue weighted by molar-refractivity contribution is -0.116. The van der Waals surface area contributed by atoms with Gasteiger partial charge in [-0.1, -0.05) is 25.5 Å². The van der Waals surface area contributed by atoms with Crippen molar-refractivity contribution < 1.29 is 4.79 Å². The SMILES string of the molecule is CCCCC(=O)Nc1ccc(CCNN)cc1. The van der Waals surface area contributed by atoms with Crippen molar-refractivity contribution in [2.75, 3.05) is 11.9 Å². The zero-order valence-electron chi connectivity index (χ0n) is 10.3. The number of amides is 1. The summed E-state index contributed by atoms with van der Waals surface area (Å²) >= 11 is 0. The molecule has 17 heavy (non-hydrogen) atoms. The van der Waals surface area contributed by atoms with Crippen molar-refractivity contribution in [2.45, 2.75) is 32.6 Å². The minimum absolute atomic E-state index is 0.0863. The number of unbranched alkanes of at least 4 members (excludes halogenated alkanes) is 1. The first kappa shape index (κ1) is 13.7. The molecule has 4 heteroatoms. The highest BCUT2D eigenvalue weighted by Crippen LogP contribution is 2.10. The van der Waals surface area contributed by atoms with E-state index in [0.717, 1.165) is 31.5 Å². The third-order valence-corrected chi connectivity index (χ3v) is 2.55. The molecular weight excluding hydrogens is 214 g/mol. The number of hydrazine groups is 1. The molecule has 0 saturated carbocycles. The predicted molar refractivity (Wildman–Crippen MR) is 70.5 cm³/mol. The molecule has 0 radical (unpaired) electrons. The summed E-state index contributed by atoms with van der Waals surface area (Å²) in [5.74, 6) is 5.30. The van der Waals surface area contributed by atoms with E-state index in [-0.39, 0.29) is 5.91 Å². The Labute approximate surface area is 103 Å². The fourth-order valence-electron chi connectivity index (χ4n) is 1.53. The van der Waals surface area contributed by atoms with Crippen molar-refractivity contribution in [2.24, 2.45) is 5.84 Å². The molecular formula is C13H21N3O. The topological polar surface area (TPSA) is 67.2 Å². The van der Waals surface area contributed by atoms with Gasteiger partial charge in [0.2, 0.25) is 5.91 Å². The van der Waals surface area contributed by atoms with Crippen molar-refractivity contribution in [3.05, 3.63) is 29.8 Å². The van der Waals surface area contributed by atoms with Crippen LogP contribution >= 0.6 is 0 Å². The lowest BCUT2D eigenvalue weighted by Gasteiger charge is -2.06. The summed E-state index contributed by atoms with van der Waals surface area (Å²) in [6.45, 7) is 2.83. The normalized spacial score (nSPS) is 10.2. The first-order chi connectivity index (χ1) is 8.26. The average Bonchev–Trinajstić information content (AvgIpc) is 2.35. The molecule has 0 aliphatic heterocycles. The summed E-state index contributed by atoms with van der Waals surface area (Å²) < 4.78 is 0. The molecule has 0 aliphatic rings. The minimum Gasteiger partial charge on any atom is -0.326 e. The van der Waals surface area contributed by atoms with Crippen molar-refractivity contribution in [3.63, 3.8) is 0 Å². The molecule has 0 bridgehead atoms. The number of carbonyl (C=O) groups excluding carboxylic acids is 1. The third-order valence-electron chi connectivity index (χ3n) is 2.55. The Bertz CT molecular complexity index is 335. The van der Waals surface area contributed by atoms with Crippen LogP contribution in [-0.2, 0) is 11.2 Å². The smallest absolute Gasteiger partial charge is 0.224 e. The highest BCUT2D eigenvalue weighted by atomic mass is 16.1. The van der Waals surface area contributed by atoms with E-state index in [1.807, 2.05) is 24.3 Å². The second-order valence-corrected chi connectivity index (χ2v) is 4.05. The minimum atomic E-state index is 0.0863. The molecule has 0 aliphatic carbocycles. The number of carbonyl (C=O) groups is 1. The van der Waals surface area contributed by atoms with Crippen LogP contribution in [-0.4, -0.2) is 12.5 Å². The van der Waals surface area contributed by atoms with Gasteiger partial charge in [-0.3, -0.25) is 16.1 Å². The van der Waals surface area contributed by atoms with E-state index in [4.69, 9.17) is 5.84 Å². The van der Waals surface area contributed by atoms with Crippen molar-refractivity contribution in [1.82, 2.24) is 5.43 Å². The van der Waals surface area contributed by atoms with Gasteiger partial charge in [-0.15, -0.1) is 0 Å². The lowest BCUT2D eigenvalue weighted by atomic mass is 10.1. The van der Waals surface area contributed by atoms with Crippen LogP contribution < -0.4 is 16.6 Å². The van der Waals surface area contributed by atoms with Gasteiger partial charge in [0.05, 0.1) is 0 Å². The summed E-state index contributed by atoms with van der Waals surface area (Å²) in [6, 6.07) is 7.87. The highest BCUT2D eigenvalue weighted by molar-refractivity contribution is 5.90. The van der Waals surface area contributed by atoms with Gasteiger partial charge in [0.1, 0.15) is 0 Å². The van der Waals surface area contributed by atoms with E-state index in [1.165, 1.54) is 5.56 Å². The van der Waals surface area contributed by atoms with Gasteiger partial charge in [0, 0.05) is 18.7 Å². The van der Waals surface area contributed by atoms with Gasteiger partial charge in [0.25, 0.3) is 0 Å². The summed E-state index contributed by atoms with van der Waals surface area (Å²) in [7, 11) is 0. The van der Waals surface area contributed by atoms with E-state index >= 15 is 0 Å². The summed E-state index contributed by atoms with van der Waals surface area (Å²) in [5.41, 5.74) is 4.68. The number of benzene rings is 1. The van der Waals surface area contributed by atoms with E-state index in [9.17, 15) is 4.79 Å². The summed E-state index contributed by atoms with van der Waals surface area (Å²) in [4.78, 5) is 11.5. The van der Waals surface area contributed by atoms with E-state index in [1.54, 1.807) is 0 Å². The number of hydrogen-bond acceptors (Lipinski definition) is 3. The molecule has 0 fully saturated rings. The zero-order valence-corrected chi connectivity index (χ0v) is 10.3. The fraction of sp³-hybridized carbons (Fsp3) is 0.462. The molecule has 1 amide bonds. The maximum absolute atomic E-state index is 11.5. The van der Waals surface area contributed by atoms with Gasteiger partial charge in [-0.25, -0.2) is 0 Å². The predicted octanol–water partition coefficient (Wildman–Crippen LogP) is 1.82. The monoisotopic (exact) mass is 235 g/mol. The van der Waals surface area contributed by atoms with Gasteiger partial charge in [-0.05, 0) is 30.5 Å². The van der Waals surface area contributed by atoms with Crippen molar-refractivity contribution >= 4 is 11.6 Å². The van der Waals surface area contributed by atoms with E-state index < -0.39 is 0 Å². The standard InChI is InChI=1S/C13H21N3O/c1-2-3-4-13(17)16-12-7-5-11(6-8-12)9-10-15-14/h5-8,15H,2-4,9-10,14H2,1H3,(H,16,17). The molecule has 0 heterocycles. The number of nitrogens with one attached hydrogen (secondary N) is 2. The lowest BCUT2D eigenvalue weighted by Crippen LogP contribution is -2.24. The van der Waals surface area contributed by atoms with Crippen LogP contribution in [0.25, 0.3) is 0 Å². The number of hydrogen-bond donors (Lipinski definition) is 3. The molecule has 94 valence electrons. The van der Waals surface area contributed by atoms with Crippen molar-refractivity contribution in [3.8, 4) is 0 Å². The molecule has 0 spiro atoms. The molecule has 1 aromatic carbocycles. The third kappa shape index (κ3) is 5.47. The number of rotatable bonds is 7. The van der Waals surface area contributed by atoms with Crippen LogP contribution in [0, 0.1) is 0 Å². The van der Waals surface area contributed by atoms with Crippen LogP contribution in [0.15, 0.2) is 24.3 Å². The van der Waals surface area contributed by atoms with Gasteiger partial charge < -0.3 is 5.32 Å². The Balaban J connectivity index is 2.42. The van der Waals surface area contributed by atoms with Gasteiger partial charge in [-0.2, -0.15) is 0 Å². The summed E-state index contributed by atoms with van der Waals surface area (Å²) in [6.07, 6.45) is 3.46. The highest BCUT2D eigenvalue weighted by Gasteiger charge is 2.01. The zero-order chi connectivity index (χ0) is 12.5. The molecule has 0 saturated heterocycles. The van der Waals surface area contributed by atoms with Crippen LogP contribution in [0.5, 0.6) is 0 Å². The molecule has 1 rings (SSSR count). The molecule has 0 aromatic heterocycles. The van der Waals surface area contributed by atoms with E-state index in [2.05, 4.69) is 17.7 Å². The Kier molecular flexibility index (Phi) is 6.29. The quantitative estimate of drug-likeness (QED) is 0.499.